The van der Waals surface area contributed by atoms with Gasteiger partial charge in [0.05, 0.1) is 6.54 Å². The van der Waals surface area contributed by atoms with E-state index in [0.29, 0.717) is 6.61 Å². The fourth-order valence-electron chi connectivity index (χ4n) is 2.04. The second-order valence-corrected chi connectivity index (χ2v) is 7.07. The largest absolute Gasteiger partial charge is 0.448 e. The first kappa shape index (κ1) is 12.4. The molecule has 0 saturated carbocycles. The molecule has 3 nitrogen and oxygen atoms in total. The molecular formula is C11H19NO2S2. The Morgan fingerprint density at radius 2 is 2.31 bits per heavy atom. The fourth-order valence-corrected chi connectivity index (χ4v) is 5.07. The minimum Gasteiger partial charge on any atom is -0.448 e. The topological polar surface area (TPSA) is 29.5 Å². The summed E-state index contributed by atoms with van der Waals surface area (Å²) in [6, 6.07) is 0. The highest BCUT2D eigenvalue weighted by Gasteiger charge is 2.21. The zero-order valence-corrected chi connectivity index (χ0v) is 11.2. The average Bonchev–Trinajstić information content (AvgIpc) is 2.90. The van der Waals surface area contributed by atoms with E-state index >= 15 is 0 Å². The standard InChI is InChI=1S/C11H19NO2S2/c13-11-12(7-8-14-11)6-3-1-2-4-10-5-9-15-16-10/h10H,1-9H2/t10-/m1/s1. The van der Waals surface area contributed by atoms with Crippen molar-refractivity contribution in [2.45, 2.75) is 37.4 Å². The molecule has 0 aromatic heterocycles. The summed E-state index contributed by atoms with van der Waals surface area (Å²) in [4.78, 5) is 13.0. The summed E-state index contributed by atoms with van der Waals surface area (Å²) in [5.74, 6) is 1.33. The molecule has 92 valence electrons. The van der Waals surface area contributed by atoms with E-state index in [1.807, 2.05) is 15.7 Å². The Morgan fingerprint density at radius 3 is 3.00 bits per heavy atom. The molecule has 16 heavy (non-hydrogen) atoms. The number of rotatable bonds is 6. The molecule has 0 aromatic carbocycles. The van der Waals surface area contributed by atoms with Gasteiger partial charge in [-0.3, -0.25) is 0 Å². The van der Waals surface area contributed by atoms with E-state index < -0.39 is 0 Å². The molecule has 0 unspecified atom stereocenters. The van der Waals surface area contributed by atoms with Crippen LogP contribution in [0.2, 0.25) is 0 Å². The molecule has 2 heterocycles. The van der Waals surface area contributed by atoms with E-state index in [1.54, 1.807) is 0 Å². The number of ether oxygens (including phenoxy) is 1. The van der Waals surface area contributed by atoms with Crippen molar-refractivity contribution in [1.82, 2.24) is 4.90 Å². The van der Waals surface area contributed by atoms with Crippen LogP contribution in [-0.2, 0) is 4.74 Å². The molecular weight excluding hydrogens is 242 g/mol. The van der Waals surface area contributed by atoms with Crippen molar-refractivity contribution in [3.63, 3.8) is 0 Å². The Labute approximate surface area is 105 Å². The quantitative estimate of drug-likeness (QED) is 0.542. The zero-order valence-electron chi connectivity index (χ0n) is 9.52. The molecule has 0 bridgehead atoms. The second kappa shape index (κ2) is 6.64. The van der Waals surface area contributed by atoms with Crippen LogP contribution >= 0.6 is 21.6 Å². The minimum absolute atomic E-state index is 0.122. The van der Waals surface area contributed by atoms with Crippen LogP contribution in [0.25, 0.3) is 0 Å². The predicted octanol–water partition coefficient (Wildman–Crippen LogP) is 3.15. The number of hydrogen-bond acceptors (Lipinski definition) is 4. The summed E-state index contributed by atoms with van der Waals surface area (Å²) < 4.78 is 4.88. The number of nitrogens with zero attached hydrogens (tertiary/aromatic N) is 1. The molecule has 0 aliphatic carbocycles. The van der Waals surface area contributed by atoms with Gasteiger partial charge >= 0.3 is 6.09 Å². The first-order chi connectivity index (χ1) is 7.86. The minimum atomic E-state index is -0.122. The van der Waals surface area contributed by atoms with Crippen LogP contribution < -0.4 is 0 Å². The summed E-state index contributed by atoms with van der Waals surface area (Å²) in [6.45, 7) is 2.24. The molecule has 2 fully saturated rings. The van der Waals surface area contributed by atoms with E-state index in [2.05, 4.69) is 10.8 Å². The Morgan fingerprint density at radius 1 is 1.38 bits per heavy atom. The van der Waals surface area contributed by atoms with Crippen molar-refractivity contribution in [3.8, 4) is 0 Å². The molecule has 0 radical (unpaired) electrons. The fraction of sp³-hybridized carbons (Fsp3) is 0.909. The molecule has 2 rings (SSSR count). The highest BCUT2D eigenvalue weighted by Crippen LogP contribution is 2.39. The Bertz CT molecular complexity index is 232. The van der Waals surface area contributed by atoms with Crippen molar-refractivity contribution in [1.29, 1.82) is 0 Å². The molecule has 5 heteroatoms. The van der Waals surface area contributed by atoms with Crippen molar-refractivity contribution < 1.29 is 9.53 Å². The van der Waals surface area contributed by atoms with Crippen LogP contribution in [0.4, 0.5) is 4.79 Å². The lowest BCUT2D eigenvalue weighted by Crippen LogP contribution is -2.25. The molecule has 0 spiro atoms. The SMILES string of the molecule is O=C1OCCN1CCCCC[C@@H]1CCSS1. The number of amides is 1. The van der Waals surface area contributed by atoms with Gasteiger partial charge in [0.2, 0.25) is 0 Å². The normalized spacial score (nSPS) is 25.1. The van der Waals surface area contributed by atoms with Gasteiger partial charge in [0.25, 0.3) is 0 Å². The van der Waals surface area contributed by atoms with E-state index in [1.165, 1.54) is 31.4 Å². The van der Waals surface area contributed by atoms with Crippen molar-refractivity contribution in [3.05, 3.63) is 0 Å². The highest BCUT2D eigenvalue weighted by molar-refractivity contribution is 8.77. The molecule has 2 aliphatic rings. The van der Waals surface area contributed by atoms with Crippen LogP contribution in [0.1, 0.15) is 32.1 Å². The molecule has 1 atom stereocenters. The van der Waals surface area contributed by atoms with Crippen LogP contribution in [0.3, 0.4) is 0 Å². The Balaban J connectivity index is 1.47. The number of hydrogen-bond donors (Lipinski definition) is 0. The van der Waals surface area contributed by atoms with Gasteiger partial charge in [-0.15, -0.1) is 0 Å². The number of cyclic esters (lactones) is 1. The number of carbonyl (C=O) groups is 1. The lowest BCUT2D eigenvalue weighted by Gasteiger charge is -2.12. The predicted molar refractivity (Wildman–Crippen MR) is 69.8 cm³/mol. The van der Waals surface area contributed by atoms with Crippen molar-refractivity contribution in [2.75, 3.05) is 25.4 Å². The van der Waals surface area contributed by atoms with Gasteiger partial charge in [0.15, 0.2) is 0 Å². The van der Waals surface area contributed by atoms with Crippen LogP contribution in [-0.4, -0.2) is 41.7 Å². The zero-order chi connectivity index (χ0) is 11.2. The maximum atomic E-state index is 11.1. The van der Waals surface area contributed by atoms with E-state index in [9.17, 15) is 4.79 Å². The van der Waals surface area contributed by atoms with E-state index in [4.69, 9.17) is 4.74 Å². The average molecular weight is 261 g/mol. The van der Waals surface area contributed by atoms with Gasteiger partial charge in [0.1, 0.15) is 6.61 Å². The van der Waals surface area contributed by atoms with Crippen LogP contribution in [0.5, 0.6) is 0 Å². The monoisotopic (exact) mass is 261 g/mol. The molecule has 2 saturated heterocycles. The van der Waals surface area contributed by atoms with E-state index in [0.717, 1.165) is 24.8 Å². The maximum Gasteiger partial charge on any atom is 0.409 e. The van der Waals surface area contributed by atoms with Gasteiger partial charge in [-0.2, -0.15) is 0 Å². The number of carbonyl (C=O) groups excluding carboxylic acids is 1. The molecule has 0 aromatic rings. The second-order valence-electron chi connectivity index (χ2n) is 4.28. The summed E-state index contributed by atoms with van der Waals surface area (Å²) in [7, 11) is 4.07. The smallest absolute Gasteiger partial charge is 0.409 e. The maximum absolute atomic E-state index is 11.1. The number of unbranched alkanes of at least 4 members (excludes halogenated alkanes) is 2. The Kier molecular flexibility index (Phi) is 5.16. The summed E-state index contributed by atoms with van der Waals surface area (Å²) >= 11 is 0. The lowest BCUT2D eigenvalue weighted by atomic mass is 10.1. The first-order valence-corrected chi connectivity index (χ1v) is 8.44. The lowest BCUT2D eigenvalue weighted by molar-refractivity contribution is 0.158. The molecule has 0 N–H and O–H groups in total. The van der Waals surface area contributed by atoms with Crippen LogP contribution in [0, 0.1) is 0 Å². The molecule has 2 aliphatic heterocycles. The van der Waals surface area contributed by atoms with Crippen LogP contribution in [0.15, 0.2) is 0 Å². The summed E-state index contributed by atoms with van der Waals surface area (Å²) in [5, 5.41) is 0.891. The first-order valence-electron chi connectivity index (χ1n) is 6.06. The van der Waals surface area contributed by atoms with E-state index in [-0.39, 0.29) is 6.09 Å². The summed E-state index contributed by atoms with van der Waals surface area (Å²) in [6.07, 6.45) is 6.28. The highest BCUT2D eigenvalue weighted by atomic mass is 33.1. The van der Waals surface area contributed by atoms with Gasteiger partial charge in [0, 0.05) is 17.5 Å². The van der Waals surface area contributed by atoms with Crippen molar-refractivity contribution in [2.24, 2.45) is 0 Å². The molecule has 1 amide bonds. The van der Waals surface area contributed by atoms with Crippen molar-refractivity contribution >= 4 is 27.7 Å². The van der Waals surface area contributed by atoms with Gasteiger partial charge in [-0.05, 0) is 19.3 Å². The van der Waals surface area contributed by atoms with Gasteiger partial charge in [-0.1, -0.05) is 34.4 Å². The third-order valence-corrected chi connectivity index (χ3v) is 6.03. The Hall–Kier alpha value is -0.0300. The third kappa shape index (κ3) is 3.77. The summed E-state index contributed by atoms with van der Waals surface area (Å²) in [5.41, 5.74) is 0. The van der Waals surface area contributed by atoms with Gasteiger partial charge in [-0.25, -0.2) is 4.79 Å². The third-order valence-electron chi connectivity index (χ3n) is 3.03. The van der Waals surface area contributed by atoms with Gasteiger partial charge < -0.3 is 9.64 Å².